The largest absolute Gasteiger partial charge is 0.413 e. The molecule has 0 bridgehead atoms. The highest BCUT2D eigenvalue weighted by Gasteiger charge is 2.50. The Labute approximate surface area is 244 Å². The van der Waals surface area contributed by atoms with Gasteiger partial charge in [0.05, 0.1) is 12.2 Å². The summed E-state index contributed by atoms with van der Waals surface area (Å²) in [5, 5.41) is 0.345. The minimum atomic E-state index is -1.96. The summed E-state index contributed by atoms with van der Waals surface area (Å²) in [6, 6.07) is 0. The Bertz CT molecular complexity index is 1010. The molecule has 0 heterocycles. The van der Waals surface area contributed by atoms with Crippen LogP contribution in [-0.4, -0.2) is 28.8 Å². The molecular formula is C35H60O2Si2. The molecule has 0 unspecified atom stereocenters. The zero-order chi connectivity index (χ0) is 29.6. The van der Waals surface area contributed by atoms with Crippen LogP contribution in [0.25, 0.3) is 0 Å². The van der Waals surface area contributed by atoms with Crippen LogP contribution in [0.5, 0.6) is 0 Å². The predicted octanol–water partition coefficient (Wildman–Crippen LogP) is 10.5. The molecule has 0 aromatic carbocycles. The lowest BCUT2D eigenvalue weighted by molar-refractivity contribution is 0.0969. The quantitative estimate of drug-likeness (QED) is 0.234. The smallest absolute Gasteiger partial charge is 0.192 e. The molecule has 3 rings (SSSR count). The van der Waals surface area contributed by atoms with Crippen molar-refractivity contribution in [3.05, 3.63) is 35.5 Å². The number of rotatable bonds is 6. The van der Waals surface area contributed by atoms with Crippen molar-refractivity contribution in [1.82, 2.24) is 0 Å². The third-order valence-corrected chi connectivity index (χ3v) is 20.7. The Hall–Kier alpha value is -0.866. The van der Waals surface area contributed by atoms with Gasteiger partial charge < -0.3 is 8.85 Å². The van der Waals surface area contributed by atoms with Crippen LogP contribution in [0, 0.1) is 35.5 Å². The van der Waals surface area contributed by atoms with Gasteiger partial charge in [-0.05, 0) is 103 Å². The molecule has 3 fully saturated rings. The summed E-state index contributed by atoms with van der Waals surface area (Å²) in [6.07, 6.45) is 19.2. The molecule has 0 amide bonds. The van der Waals surface area contributed by atoms with Gasteiger partial charge in [0, 0.05) is 12.3 Å². The molecule has 4 heteroatoms. The monoisotopic (exact) mass is 568 g/mol. The lowest BCUT2D eigenvalue weighted by Crippen LogP contribution is -2.49. The fourth-order valence-corrected chi connectivity index (χ4v) is 9.65. The van der Waals surface area contributed by atoms with Gasteiger partial charge in [-0.2, -0.15) is 0 Å². The summed E-state index contributed by atoms with van der Waals surface area (Å²) in [4.78, 5) is 0. The van der Waals surface area contributed by atoms with Crippen molar-refractivity contribution in [2.75, 3.05) is 0 Å². The Morgan fingerprint density at radius 2 is 1.59 bits per heavy atom. The molecule has 3 aliphatic carbocycles. The average molecular weight is 569 g/mol. The Morgan fingerprint density at radius 3 is 2.15 bits per heavy atom. The first-order valence-electron chi connectivity index (χ1n) is 15.6. The summed E-state index contributed by atoms with van der Waals surface area (Å²) in [5.74, 6) is 4.72. The molecule has 39 heavy (non-hydrogen) atoms. The number of allylic oxidation sites excluding steroid dienone is 3. The summed E-state index contributed by atoms with van der Waals surface area (Å²) >= 11 is 0. The minimum absolute atomic E-state index is 0.0306. The van der Waals surface area contributed by atoms with Crippen LogP contribution in [-0.2, 0) is 8.85 Å². The molecule has 0 aliphatic heterocycles. The molecule has 0 spiro atoms. The Morgan fingerprint density at radius 1 is 1.00 bits per heavy atom. The highest BCUT2D eigenvalue weighted by Crippen LogP contribution is 2.59. The molecule has 0 aromatic heterocycles. The van der Waals surface area contributed by atoms with Crippen LogP contribution < -0.4 is 0 Å². The van der Waals surface area contributed by atoms with Gasteiger partial charge >= 0.3 is 0 Å². The second kappa shape index (κ2) is 11.4. The summed E-state index contributed by atoms with van der Waals surface area (Å²) in [7, 11) is -3.86. The molecule has 2 nitrogen and oxygen atoms in total. The third-order valence-electron chi connectivity index (χ3n) is 11.6. The van der Waals surface area contributed by atoms with E-state index in [9.17, 15) is 0 Å². The van der Waals surface area contributed by atoms with Crippen LogP contribution in [0.15, 0.2) is 35.5 Å². The van der Waals surface area contributed by atoms with E-state index >= 15 is 0 Å². The van der Waals surface area contributed by atoms with Gasteiger partial charge in [-0.15, -0.1) is 12.3 Å². The second-order valence-electron chi connectivity index (χ2n) is 16.3. The number of hydrogen-bond acceptors (Lipinski definition) is 2. The zero-order valence-corrected chi connectivity index (χ0v) is 29.6. The van der Waals surface area contributed by atoms with E-state index in [4.69, 9.17) is 15.3 Å². The number of fused-ring (bicyclic) bond motifs is 1. The summed E-state index contributed by atoms with van der Waals surface area (Å²) in [6.45, 7) is 32.9. The van der Waals surface area contributed by atoms with Gasteiger partial charge in [0.25, 0.3) is 0 Å². The maximum atomic E-state index is 7.04. The molecule has 0 aromatic rings. The summed E-state index contributed by atoms with van der Waals surface area (Å²) < 4.78 is 14.1. The Kier molecular flexibility index (Phi) is 9.57. The molecule has 0 radical (unpaired) electrons. The molecule has 0 saturated heterocycles. The first-order valence-corrected chi connectivity index (χ1v) is 21.5. The topological polar surface area (TPSA) is 18.5 Å². The molecule has 6 atom stereocenters. The van der Waals surface area contributed by atoms with Crippen molar-refractivity contribution >= 4 is 16.6 Å². The van der Waals surface area contributed by atoms with Crippen LogP contribution in [0.3, 0.4) is 0 Å². The fraction of sp³-hybridized carbons (Fsp3) is 0.771. The zero-order valence-electron chi connectivity index (χ0n) is 27.6. The van der Waals surface area contributed by atoms with E-state index in [-0.39, 0.29) is 22.3 Å². The maximum Gasteiger partial charge on any atom is 0.192 e. The van der Waals surface area contributed by atoms with E-state index in [2.05, 4.69) is 106 Å². The molecule has 3 aliphatic rings. The van der Waals surface area contributed by atoms with Gasteiger partial charge in [0.15, 0.2) is 16.6 Å². The SMILES string of the molecule is C#C[C@@H](C)[C@H]1CC[C@H]2C(=CC=C3C[C@@H](O[Si](C)(C)C(C)(C)C)C[C@H](O[Si](C)(C)C(C)(C)C)C3=C)CCC[C@]12C. The van der Waals surface area contributed by atoms with Crippen LogP contribution >= 0.6 is 0 Å². The van der Waals surface area contributed by atoms with Crippen molar-refractivity contribution in [1.29, 1.82) is 0 Å². The highest BCUT2D eigenvalue weighted by molar-refractivity contribution is 6.74. The minimum Gasteiger partial charge on any atom is -0.413 e. The van der Waals surface area contributed by atoms with E-state index in [0.717, 1.165) is 12.8 Å². The average Bonchev–Trinajstić information content (AvgIpc) is 3.15. The normalized spacial score (nSPS) is 33.8. The van der Waals surface area contributed by atoms with Gasteiger partial charge in [-0.25, -0.2) is 0 Å². The first kappa shape index (κ1) is 32.6. The van der Waals surface area contributed by atoms with E-state index < -0.39 is 16.6 Å². The molecule has 220 valence electrons. The van der Waals surface area contributed by atoms with Gasteiger partial charge in [-0.1, -0.05) is 79.7 Å². The molecular weight excluding hydrogens is 509 g/mol. The van der Waals surface area contributed by atoms with Crippen LogP contribution in [0.1, 0.15) is 100 Å². The summed E-state index contributed by atoms with van der Waals surface area (Å²) in [5.41, 5.74) is 4.47. The van der Waals surface area contributed by atoms with Crippen LogP contribution in [0.4, 0.5) is 0 Å². The van der Waals surface area contributed by atoms with Gasteiger partial charge in [0.1, 0.15) is 0 Å². The standard InChI is InChI=1S/C35H60O2Si2/c1-15-25(2)30-20-21-31-27(17-16-22-35(30,31)10)18-19-28-23-29(36-38(11,12)33(4,5)6)24-32(26(28)3)37-39(13,14)34(7,8)9/h1,18-19,25,29-32H,3,16-17,20-24H2,2,4-14H3/t25-,29-,30-,31+,32+,35-/m1/s1. The number of hydrogen-bond donors (Lipinski definition) is 0. The van der Waals surface area contributed by atoms with Gasteiger partial charge in [-0.3, -0.25) is 0 Å². The van der Waals surface area contributed by atoms with E-state index in [0.29, 0.717) is 23.2 Å². The maximum absolute atomic E-state index is 7.04. The van der Waals surface area contributed by atoms with Crippen molar-refractivity contribution in [3.63, 3.8) is 0 Å². The van der Waals surface area contributed by atoms with Crippen molar-refractivity contribution in [2.45, 2.75) is 149 Å². The number of terminal acetylenes is 1. The molecule has 3 saturated carbocycles. The van der Waals surface area contributed by atoms with Crippen molar-refractivity contribution < 1.29 is 8.85 Å². The van der Waals surface area contributed by atoms with Gasteiger partial charge in [0.2, 0.25) is 0 Å². The third kappa shape index (κ3) is 6.79. The fourth-order valence-electron chi connectivity index (χ4n) is 6.98. The lowest BCUT2D eigenvalue weighted by Gasteiger charge is -2.45. The molecule has 0 N–H and O–H groups in total. The highest BCUT2D eigenvalue weighted by atomic mass is 28.4. The lowest BCUT2D eigenvalue weighted by atomic mass is 9.61. The second-order valence-corrected chi connectivity index (χ2v) is 25.8. The van der Waals surface area contributed by atoms with Crippen LogP contribution in [0.2, 0.25) is 36.3 Å². The van der Waals surface area contributed by atoms with E-state index in [1.807, 2.05) is 0 Å². The first-order chi connectivity index (χ1) is 17.7. The Balaban J connectivity index is 1.93. The van der Waals surface area contributed by atoms with Crippen molar-refractivity contribution in [3.8, 4) is 12.3 Å². The van der Waals surface area contributed by atoms with E-state index in [1.165, 1.54) is 43.3 Å². The van der Waals surface area contributed by atoms with E-state index in [1.54, 1.807) is 5.57 Å². The van der Waals surface area contributed by atoms with Crippen molar-refractivity contribution in [2.24, 2.45) is 23.2 Å². The predicted molar refractivity (Wildman–Crippen MR) is 175 cm³/mol.